The summed E-state index contributed by atoms with van der Waals surface area (Å²) in [6, 6.07) is 1.50. The fraction of sp³-hybridized carbons (Fsp3) is 0.545. The molecule has 1 atom stereocenters. The second kappa shape index (κ2) is 6.15. The van der Waals surface area contributed by atoms with Crippen molar-refractivity contribution in [1.29, 1.82) is 0 Å². The Bertz CT molecular complexity index is 396. The second-order valence-electron chi connectivity index (χ2n) is 3.87. The molecule has 0 aliphatic carbocycles. The highest BCUT2D eigenvalue weighted by molar-refractivity contribution is 5.49. The molecule has 0 aliphatic heterocycles. The molecule has 0 fully saturated rings. The number of nitrogens with one attached hydrogen (secondary N) is 1. The number of hydrogen-bond acceptors (Lipinski definition) is 5. The van der Waals surface area contributed by atoms with E-state index in [4.69, 9.17) is 5.11 Å². The van der Waals surface area contributed by atoms with Crippen molar-refractivity contribution >= 4 is 11.5 Å². The number of anilines is 1. The van der Waals surface area contributed by atoms with E-state index in [2.05, 4.69) is 10.3 Å². The van der Waals surface area contributed by atoms with Gasteiger partial charge in [0.25, 0.3) is 5.69 Å². The molecule has 17 heavy (non-hydrogen) atoms. The van der Waals surface area contributed by atoms with Crippen molar-refractivity contribution in [2.75, 3.05) is 11.9 Å². The highest BCUT2D eigenvalue weighted by Gasteiger charge is 2.13. The number of aryl methyl sites for hydroxylation is 1. The number of aromatic nitrogens is 1. The second-order valence-corrected chi connectivity index (χ2v) is 3.87. The predicted octanol–water partition coefficient (Wildman–Crippen LogP) is 1.87. The van der Waals surface area contributed by atoms with Gasteiger partial charge >= 0.3 is 0 Å². The van der Waals surface area contributed by atoms with E-state index in [-0.39, 0.29) is 18.3 Å². The summed E-state index contributed by atoms with van der Waals surface area (Å²) in [6.45, 7) is 3.72. The van der Waals surface area contributed by atoms with Crippen LogP contribution in [0.5, 0.6) is 0 Å². The van der Waals surface area contributed by atoms with Gasteiger partial charge in [0.2, 0.25) is 0 Å². The van der Waals surface area contributed by atoms with Gasteiger partial charge in [-0.3, -0.25) is 10.1 Å². The van der Waals surface area contributed by atoms with Crippen LogP contribution in [-0.2, 0) is 0 Å². The number of hydrogen-bond donors (Lipinski definition) is 2. The lowest BCUT2D eigenvalue weighted by atomic mass is 10.1. The number of aliphatic hydroxyl groups is 1. The quantitative estimate of drug-likeness (QED) is 0.584. The van der Waals surface area contributed by atoms with E-state index in [1.165, 1.54) is 12.3 Å². The standard InChI is InChI=1S/C11H17N3O3/c1-3-9(4-5-15)13-11-6-10(14(16)17)8(2)7-12-11/h6-7,9,15H,3-5H2,1-2H3,(H,12,13). The van der Waals surface area contributed by atoms with E-state index >= 15 is 0 Å². The van der Waals surface area contributed by atoms with E-state index in [0.29, 0.717) is 17.8 Å². The first kappa shape index (κ1) is 13.4. The predicted molar refractivity (Wildman–Crippen MR) is 65.0 cm³/mol. The SMILES string of the molecule is CCC(CCO)Nc1cc([N+](=O)[O-])c(C)cn1. The van der Waals surface area contributed by atoms with Gasteiger partial charge in [-0.2, -0.15) is 0 Å². The molecule has 94 valence electrons. The average molecular weight is 239 g/mol. The van der Waals surface area contributed by atoms with Crippen molar-refractivity contribution in [3.63, 3.8) is 0 Å². The molecule has 1 heterocycles. The Balaban J connectivity index is 2.84. The molecule has 0 aliphatic rings. The molecule has 0 aromatic carbocycles. The van der Waals surface area contributed by atoms with Gasteiger partial charge in [-0.05, 0) is 19.8 Å². The monoisotopic (exact) mass is 239 g/mol. The third-order valence-corrected chi connectivity index (χ3v) is 2.59. The van der Waals surface area contributed by atoms with Gasteiger partial charge in [0.05, 0.1) is 11.0 Å². The fourth-order valence-corrected chi connectivity index (χ4v) is 1.53. The lowest BCUT2D eigenvalue weighted by Gasteiger charge is -2.16. The maximum absolute atomic E-state index is 10.8. The van der Waals surface area contributed by atoms with Crippen LogP contribution in [0.2, 0.25) is 0 Å². The first-order chi connectivity index (χ1) is 8.08. The Morgan fingerprint density at radius 3 is 2.88 bits per heavy atom. The highest BCUT2D eigenvalue weighted by Crippen LogP contribution is 2.20. The summed E-state index contributed by atoms with van der Waals surface area (Å²) < 4.78 is 0. The van der Waals surface area contributed by atoms with E-state index in [1.54, 1.807) is 6.92 Å². The summed E-state index contributed by atoms with van der Waals surface area (Å²) in [5.41, 5.74) is 0.595. The molecule has 0 bridgehead atoms. The molecule has 1 unspecified atom stereocenters. The molecule has 6 heteroatoms. The Kier molecular flexibility index (Phi) is 4.84. The van der Waals surface area contributed by atoms with Gasteiger partial charge in [-0.25, -0.2) is 4.98 Å². The third-order valence-electron chi connectivity index (χ3n) is 2.59. The molecule has 6 nitrogen and oxygen atoms in total. The maximum Gasteiger partial charge on any atom is 0.277 e. The van der Waals surface area contributed by atoms with Crippen molar-refractivity contribution in [3.8, 4) is 0 Å². The van der Waals surface area contributed by atoms with Crippen LogP contribution in [0.3, 0.4) is 0 Å². The van der Waals surface area contributed by atoms with Crippen LogP contribution in [0.25, 0.3) is 0 Å². The Labute approximate surface area is 99.8 Å². The zero-order valence-electron chi connectivity index (χ0n) is 10.0. The van der Waals surface area contributed by atoms with Crippen LogP contribution in [0.15, 0.2) is 12.3 Å². The molecule has 0 radical (unpaired) electrons. The lowest BCUT2D eigenvalue weighted by Crippen LogP contribution is -2.20. The van der Waals surface area contributed by atoms with E-state index in [1.807, 2.05) is 6.92 Å². The minimum atomic E-state index is -0.421. The first-order valence-electron chi connectivity index (χ1n) is 5.57. The molecular formula is C11H17N3O3. The van der Waals surface area contributed by atoms with Crippen LogP contribution in [0.4, 0.5) is 11.5 Å². The van der Waals surface area contributed by atoms with Crippen LogP contribution < -0.4 is 5.32 Å². The molecule has 0 spiro atoms. The first-order valence-corrected chi connectivity index (χ1v) is 5.57. The van der Waals surface area contributed by atoms with E-state index in [9.17, 15) is 10.1 Å². The van der Waals surface area contributed by atoms with Gasteiger partial charge in [-0.1, -0.05) is 6.92 Å². The summed E-state index contributed by atoms with van der Waals surface area (Å²) in [6.07, 6.45) is 2.90. The molecular weight excluding hydrogens is 222 g/mol. The molecule has 0 saturated heterocycles. The molecule has 1 aromatic heterocycles. The number of nitro groups is 1. The highest BCUT2D eigenvalue weighted by atomic mass is 16.6. The van der Waals surface area contributed by atoms with Crippen molar-refractivity contribution in [3.05, 3.63) is 27.9 Å². The number of nitrogens with zero attached hydrogens (tertiary/aromatic N) is 2. The van der Waals surface area contributed by atoms with Crippen LogP contribution in [-0.4, -0.2) is 27.7 Å². The van der Waals surface area contributed by atoms with Crippen LogP contribution in [0, 0.1) is 17.0 Å². The van der Waals surface area contributed by atoms with Gasteiger partial charge < -0.3 is 10.4 Å². The average Bonchev–Trinajstić information content (AvgIpc) is 2.30. The zero-order chi connectivity index (χ0) is 12.8. The lowest BCUT2D eigenvalue weighted by molar-refractivity contribution is -0.385. The fourth-order valence-electron chi connectivity index (χ4n) is 1.53. The molecule has 2 N–H and O–H groups in total. The Morgan fingerprint density at radius 1 is 1.65 bits per heavy atom. The Morgan fingerprint density at radius 2 is 2.35 bits per heavy atom. The van der Waals surface area contributed by atoms with Gasteiger partial charge in [0.15, 0.2) is 0 Å². The zero-order valence-corrected chi connectivity index (χ0v) is 10.0. The molecule has 0 saturated carbocycles. The molecule has 1 rings (SSSR count). The van der Waals surface area contributed by atoms with Crippen molar-refractivity contribution < 1.29 is 10.0 Å². The summed E-state index contributed by atoms with van der Waals surface area (Å²) in [7, 11) is 0. The number of rotatable bonds is 6. The summed E-state index contributed by atoms with van der Waals surface area (Å²) in [4.78, 5) is 14.4. The summed E-state index contributed by atoms with van der Waals surface area (Å²) in [5, 5.41) is 22.7. The summed E-state index contributed by atoms with van der Waals surface area (Å²) >= 11 is 0. The van der Waals surface area contributed by atoms with Crippen molar-refractivity contribution in [1.82, 2.24) is 4.98 Å². The number of aliphatic hydroxyl groups excluding tert-OH is 1. The van der Waals surface area contributed by atoms with Crippen LogP contribution >= 0.6 is 0 Å². The van der Waals surface area contributed by atoms with Gasteiger partial charge in [0, 0.05) is 24.4 Å². The minimum absolute atomic E-state index is 0.0568. The van der Waals surface area contributed by atoms with Gasteiger partial charge in [0.1, 0.15) is 5.82 Å². The number of pyridine rings is 1. The normalized spacial score (nSPS) is 12.2. The topological polar surface area (TPSA) is 88.3 Å². The molecule has 0 amide bonds. The Hall–Kier alpha value is -1.69. The largest absolute Gasteiger partial charge is 0.396 e. The summed E-state index contributed by atoms with van der Waals surface area (Å²) in [5.74, 6) is 0.475. The van der Waals surface area contributed by atoms with E-state index < -0.39 is 4.92 Å². The van der Waals surface area contributed by atoms with Crippen molar-refractivity contribution in [2.24, 2.45) is 0 Å². The maximum atomic E-state index is 10.8. The molecule has 1 aromatic rings. The van der Waals surface area contributed by atoms with Gasteiger partial charge in [-0.15, -0.1) is 0 Å². The van der Waals surface area contributed by atoms with Crippen LogP contribution in [0.1, 0.15) is 25.3 Å². The van der Waals surface area contributed by atoms with Crippen molar-refractivity contribution in [2.45, 2.75) is 32.7 Å². The smallest absolute Gasteiger partial charge is 0.277 e. The third kappa shape index (κ3) is 3.67. The van der Waals surface area contributed by atoms with E-state index in [0.717, 1.165) is 6.42 Å². The minimum Gasteiger partial charge on any atom is -0.396 e.